The second kappa shape index (κ2) is 10.6. The molecule has 38 heavy (non-hydrogen) atoms. The number of hydrogen-bond acceptors (Lipinski definition) is 4. The quantitative estimate of drug-likeness (QED) is 0.440. The van der Waals surface area contributed by atoms with E-state index >= 15 is 0 Å². The summed E-state index contributed by atoms with van der Waals surface area (Å²) < 4.78 is 60.9. The first-order chi connectivity index (χ1) is 17.8. The highest BCUT2D eigenvalue weighted by atomic mass is 19.4. The first-order valence-corrected chi connectivity index (χ1v) is 12.6. The highest BCUT2D eigenvalue weighted by Crippen LogP contribution is 2.50. The highest BCUT2D eigenvalue weighted by molar-refractivity contribution is 5.91. The molecule has 1 amide bonds. The van der Waals surface area contributed by atoms with E-state index in [-0.39, 0.29) is 11.5 Å². The van der Waals surface area contributed by atoms with E-state index in [0.717, 1.165) is 37.8 Å². The molecule has 1 saturated heterocycles. The van der Waals surface area contributed by atoms with Gasteiger partial charge in [-0.15, -0.1) is 0 Å². The highest BCUT2D eigenvalue weighted by Gasteiger charge is 2.53. The number of nitrogens with one attached hydrogen (secondary N) is 1. The van der Waals surface area contributed by atoms with E-state index in [2.05, 4.69) is 5.32 Å². The third-order valence-corrected chi connectivity index (χ3v) is 7.16. The maximum absolute atomic E-state index is 14.0. The van der Waals surface area contributed by atoms with Crippen molar-refractivity contribution in [2.75, 3.05) is 26.3 Å². The van der Waals surface area contributed by atoms with Crippen LogP contribution in [0.1, 0.15) is 50.3 Å². The molecule has 0 unspecified atom stereocenters. The zero-order valence-corrected chi connectivity index (χ0v) is 21.4. The molecule has 0 radical (unpaired) electrons. The van der Waals surface area contributed by atoms with Crippen molar-refractivity contribution in [1.82, 2.24) is 10.2 Å². The molecule has 4 rings (SSSR count). The summed E-state index contributed by atoms with van der Waals surface area (Å²) in [5.74, 6) is -1.44. The summed E-state index contributed by atoms with van der Waals surface area (Å²) in [7, 11) is 0. The number of aliphatic carboxylic acids is 1. The van der Waals surface area contributed by atoms with Crippen molar-refractivity contribution >= 4 is 11.9 Å². The maximum atomic E-state index is 14.0. The average molecular weight is 537 g/mol. The number of carboxylic acid groups (broad SMARTS) is 1. The minimum atomic E-state index is -4.79. The van der Waals surface area contributed by atoms with E-state index in [0.29, 0.717) is 31.9 Å². The van der Waals surface area contributed by atoms with Crippen LogP contribution in [0.15, 0.2) is 48.5 Å². The molecule has 1 heterocycles. The van der Waals surface area contributed by atoms with Gasteiger partial charge in [0.25, 0.3) is 0 Å². The van der Waals surface area contributed by atoms with E-state index in [1.165, 1.54) is 24.3 Å². The molecule has 2 aromatic rings. The van der Waals surface area contributed by atoms with Gasteiger partial charge < -0.3 is 14.7 Å². The molecule has 2 N–H and O–H groups in total. The van der Waals surface area contributed by atoms with Crippen LogP contribution in [0.3, 0.4) is 0 Å². The Hall–Kier alpha value is -2.98. The van der Waals surface area contributed by atoms with Crippen LogP contribution in [0.25, 0.3) is 11.1 Å². The van der Waals surface area contributed by atoms with Gasteiger partial charge in [-0.25, -0.2) is 4.39 Å². The number of rotatable bonds is 9. The smallest absolute Gasteiger partial charge is 0.407 e. The molecule has 6 nitrogen and oxygen atoms in total. The van der Waals surface area contributed by atoms with Gasteiger partial charge in [-0.05, 0) is 48.9 Å². The van der Waals surface area contributed by atoms with Crippen LogP contribution < -0.4 is 5.32 Å². The molecule has 0 aromatic heterocycles. The van der Waals surface area contributed by atoms with Gasteiger partial charge in [0.15, 0.2) is 0 Å². The van der Waals surface area contributed by atoms with Crippen LogP contribution in [0, 0.1) is 0 Å². The second-order valence-electron chi connectivity index (χ2n) is 10.6. The monoisotopic (exact) mass is 536 g/mol. The van der Waals surface area contributed by atoms with Crippen LogP contribution in [-0.2, 0) is 19.7 Å². The molecule has 1 aliphatic carbocycles. The number of nitrogens with zero attached hydrogens (tertiary/aromatic N) is 1. The van der Waals surface area contributed by atoms with Crippen molar-refractivity contribution in [2.24, 2.45) is 0 Å². The first kappa shape index (κ1) is 28.0. The molecular formula is C28H32F4N2O4. The number of morpholine rings is 1. The lowest BCUT2D eigenvalue weighted by atomic mass is 9.91. The lowest BCUT2D eigenvalue weighted by Crippen LogP contribution is -2.47. The Morgan fingerprint density at radius 2 is 1.50 bits per heavy atom. The van der Waals surface area contributed by atoms with Crippen LogP contribution in [0.2, 0.25) is 0 Å². The summed E-state index contributed by atoms with van der Waals surface area (Å²) in [5.41, 5.74) is -0.284. The van der Waals surface area contributed by atoms with Crippen molar-refractivity contribution in [2.45, 2.75) is 62.5 Å². The molecule has 10 heteroatoms. The minimum Gasteiger partial charge on any atom is -0.480 e. The first-order valence-electron chi connectivity index (χ1n) is 12.6. The van der Waals surface area contributed by atoms with Crippen molar-refractivity contribution in [1.29, 1.82) is 0 Å². The topological polar surface area (TPSA) is 78.9 Å². The van der Waals surface area contributed by atoms with Crippen molar-refractivity contribution < 1.29 is 37.0 Å². The van der Waals surface area contributed by atoms with E-state index in [1.54, 1.807) is 0 Å². The average Bonchev–Trinajstić information content (AvgIpc) is 3.67. The molecule has 206 valence electrons. The van der Waals surface area contributed by atoms with E-state index in [4.69, 9.17) is 4.74 Å². The number of hydrogen-bond donors (Lipinski definition) is 2. The number of amides is 1. The van der Waals surface area contributed by atoms with Gasteiger partial charge in [0.1, 0.15) is 17.8 Å². The lowest BCUT2D eigenvalue weighted by Gasteiger charge is -2.30. The standard InChI is InChI=1S/C28H32F4N2O4/c1-26(2,29)17-22(24(35)36)33-23(28(30,31)32)20-5-3-18(4-6-20)19-7-9-21(10-8-19)27(11-12-27)25(37)34-13-15-38-16-14-34/h3-10,22-23,33H,11-17H2,1-2H3,(H,35,36)/t22-,23-/m0/s1. The Labute approximate surface area is 219 Å². The number of alkyl halides is 4. The maximum Gasteiger partial charge on any atom is 0.407 e. The summed E-state index contributed by atoms with van der Waals surface area (Å²) in [4.78, 5) is 26.5. The second-order valence-corrected chi connectivity index (χ2v) is 10.6. The van der Waals surface area contributed by atoms with Gasteiger partial charge in [-0.3, -0.25) is 14.9 Å². The zero-order valence-electron chi connectivity index (χ0n) is 21.4. The minimum absolute atomic E-state index is 0.111. The Kier molecular flexibility index (Phi) is 7.86. The summed E-state index contributed by atoms with van der Waals surface area (Å²) >= 11 is 0. The number of ether oxygens (including phenoxy) is 1. The number of carbonyl (C=O) groups is 2. The fourth-order valence-electron chi connectivity index (χ4n) is 4.95. The normalized spacial score (nSPS) is 19.1. The van der Waals surface area contributed by atoms with Crippen LogP contribution >= 0.6 is 0 Å². The molecule has 2 atom stereocenters. The Morgan fingerprint density at radius 3 is 1.95 bits per heavy atom. The third kappa shape index (κ3) is 6.35. The number of carbonyl (C=O) groups excluding carboxylic acids is 1. The summed E-state index contributed by atoms with van der Waals surface area (Å²) in [5, 5.41) is 11.4. The molecule has 2 aliphatic rings. The molecule has 2 aromatic carbocycles. The van der Waals surface area contributed by atoms with Crippen LogP contribution in [-0.4, -0.2) is 66.1 Å². The molecule has 0 spiro atoms. The lowest BCUT2D eigenvalue weighted by molar-refractivity contribution is -0.164. The molecule has 1 saturated carbocycles. The molecule has 1 aliphatic heterocycles. The van der Waals surface area contributed by atoms with E-state index in [9.17, 15) is 32.3 Å². The van der Waals surface area contributed by atoms with Crippen molar-refractivity contribution in [3.05, 3.63) is 59.7 Å². The number of halogens is 4. The van der Waals surface area contributed by atoms with Gasteiger partial charge >= 0.3 is 12.1 Å². The fourth-order valence-corrected chi connectivity index (χ4v) is 4.95. The third-order valence-electron chi connectivity index (χ3n) is 7.16. The fraction of sp³-hybridized carbons (Fsp3) is 0.500. The van der Waals surface area contributed by atoms with Crippen molar-refractivity contribution in [3.8, 4) is 11.1 Å². The predicted molar refractivity (Wildman–Crippen MR) is 133 cm³/mol. The number of benzene rings is 2. The summed E-state index contributed by atoms with van der Waals surface area (Å²) in [6.45, 7) is 4.47. The SMILES string of the molecule is CC(C)(F)C[C@H](N[C@@H](c1ccc(-c2ccc(C3(C(=O)N4CCOCC4)CC3)cc2)cc1)C(F)(F)F)C(=O)O. The number of carboxylic acids is 1. The summed E-state index contributed by atoms with van der Waals surface area (Å²) in [6.07, 6.45) is -3.85. The van der Waals surface area contributed by atoms with E-state index < -0.39 is 41.7 Å². The van der Waals surface area contributed by atoms with Crippen LogP contribution in [0.5, 0.6) is 0 Å². The van der Waals surface area contributed by atoms with Gasteiger partial charge in [0.05, 0.1) is 18.6 Å². The largest absolute Gasteiger partial charge is 0.480 e. The zero-order chi connectivity index (χ0) is 27.7. The predicted octanol–water partition coefficient (Wildman–Crippen LogP) is 5.03. The molecule has 0 bridgehead atoms. The van der Waals surface area contributed by atoms with Gasteiger partial charge in [-0.1, -0.05) is 48.5 Å². The van der Waals surface area contributed by atoms with Gasteiger partial charge in [0.2, 0.25) is 5.91 Å². The Morgan fingerprint density at radius 1 is 0.974 bits per heavy atom. The summed E-state index contributed by atoms with van der Waals surface area (Å²) in [6, 6.07) is 9.14. The van der Waals surface area contributed by atoms with Crippen LogP contribution in [0.4, 0.5) is 17.6 Å². The van der Waals surface area contributed by atoms with Gasteiger partial charge in [0, 0.05) is 19.5 Å². The Bertz CT molecular complexity index is 1130. The van der Waals surface area contributed by atoms with E-state index in [1.807, 2.05) is 29.2 Å². The molecule has 2 fully saturated rings. The Balaban J connectivity index is 1.50. The van der Waals surface area contributed by atoms with Gasteiger partial charge in [-0.2, -0.15) is 13.2 Å². The van der Waals surface area contributed by atoms with Crippen molar-refractivity contribution in [3.63, 3.8) is 0 Å². The molecular weight excluding hydrogens is 504 g/mol.